The van der Waals surface area contributed by atoms with Crippen LogP contribution < -0.4 is 0 Å². The molecule has 0 amide bonds. The van der Waals surface area contributed by atoms with Gasteiger partial charge in [-0.05, 0) is 29.3 Å². The topological polar surface area (TPSA) is 38.7 Å². The average molecular weight is 544 g/mol. The van der Waals surface area contributed by atoms with E-state index in [1.165, 1.54) is 19.1 Å². The Hall–Kier alpha value is -1.28. The second-order valence-electron chi connectivity index (χ2n) is 6.86. The fourth-order valence-corrected chi connectivity index (χ4v) is 4.31. The van der Waals surface area contributed by atoms with Crippen LogP contribution in [0.1, 0.15) is 30.0 Å². The van der Waals surface area contributed by atoms with Crippen molar-refractivity contribution in [1.82, 2.24) is 0 Å². The molecule has 0 aromatic heterocycles. The van der Waals surface area contributed by atoms with Gasteiger partial charge in [0.25, 0.3) is 0 Å². The van der Waals surface area contributed by atoms with E-state index in [0.717, 1.165) is 0 Å². The van der Waals surface area contributed by atoms with Crippen LogP contribution in [0.15, 0.2) is 39.8 Å². The predicted octanol–water partition coefficient (Wildman–Crippen LogP) is 7.17. The molecule has 2 aromatic carbocycles. The van der Waals surface area contributed by atoms with E-state index < -0.39 is 24.1 Å². The van der Waals surface area contributed by atoms with Crippen LogP contribution in [0.4, 0.5) is 13.2 Å². The zero-order valence-electron chi connectivity index (χ0n) is 15.4. The molecule has 1 aliphatic heterocycles. The van der Waals surface area contributed by atoms with Crippen molar-refractivity contribution in [2.24, 2.45) is 4.99 Å². The molecule has 1 unspecified atom stereocenters. The molecule has 10 heteroatoms. The number of aliphatic imine (C=N–C) groups is 1. The third-order valence-corrected chi connectivity index (χ3v) is 6.84. The highest BCUT2D eigenvalue weighted by Gasteiger charge is 2.58. The van der Waals surface area contributed by atoms with Crippen molar-refractivity contribution in [3.63, 3.8) is 0 Å². The number of benzene rings is 2. The summed E-state index contributed by atoms with van der Waals surface area (Å²) in [6, 6.07) is 7.37. The lowest BCUT2D eigenvalue weighted by Gasteiger charge is -2.32. The van der Waals surface area contributed by atoms with Crippen LogP contribution in [0, 0.1) is 0 Å². The van der Waals surface area contributed by atoms with E-state index in [0.29, 0.717) is 21.3 Å². The van der Waals surface area contributed by atoms with E-state index in [1.807, 2.05) is 0 Å². The van der Waals surface area contributed by atoms with E-state index >= 15 is 0 Å². The van der Waals surface area contributed by atoms with Crippen molar-refractivity contribution in [2.75, 3.05) is 6.54 Å². The second kappa shape index (κ2) is 8.69. The molecule has 1 aliphatic rings. The maximum Gasteiger partial charge on any atom is 0.400 e. The number of nitrogens with zero attached hydrogens (tertiary/aromatic N) is 1. The standard InChI is InChI=1S/C20H14BrCl3F3NO2/c1-10(29)30-8-12-3-2-11(4-14(12)21)17-7-19(9-28-17,20(25,26)27)13-5-15(22)18(24)16(23)6-13/h2-6H,7-9H2,1H3. The number of hydrogen-bond acceptors (Lipinski definition) is 3. The van der Waals surface area contributed by atoms with E-state index in [-0.39, 0.29) is 33.7 Å². The Bertz CT molecular complexity index is 1020. The lowest BCUT2D eigenvalue weighted by molar-refractivity contribution is -0.183. The molecule has 3 nitrogen and oxygen atoms in total. The molecule has 1 atom stereocenters. The number of carbonyl (C=O) groups excluding carboxylic acids is 1. The number of carbonyl (C=O) groups is 1. The summed E-state index contributed by atoms with van der Waals surface area (Å²) in [5.41, 5.74) is -0.826. The van der Waals surface area contributed by atoms with Crippen LogP contribution >= 0.6 is 50.7 Å². The van der Waals surface area contributed by atoms with E-state index in [2.05, 4.69) is 20.9 Å². The maximum atomic E-state index is 14.2. The smallest absolute Gasteiger partial charge is 0.400 e. The van der Waals surface area contributed by atoms with Crippen molar-refractivity contribution in [3.8, 4) is 0 Å². The monoisotopic (exact) mass is 541 g/mol. The van der Waals surface area contributed by atoms with Gasteiger partial charge in [-0.3, -0.25) is 9.79 Å². The van der Waals surface area contributed by atoms with Crippen LogP contribution in [-0.4, -0.2) is 24.4 Å². The number of rotatable bonds is 4. The molecule has 2 aromatic rings. The summed E-state index contributed by atoms with van der Waals surface area (Å²) in [6.45, 7) is 0.853. The lowest BCUT2D eigenvalue weighted by Crippen LogP contribution is -2.43. The molecule has 1 heterocycles. The molecule has 30 heavy (non-hydrogen) atoms. The number of hydrogen-bond donors (Lipinski definition) is 0. The molecular weight excluding hydrogens is 529 g/mol. The third kappa shape index (κ3) is 4.49. The molecule has 0 radical (unpaired) electrons. The van der Waals surface area contributed by atoms with Gasteiger partial charge in [0.05, 0.1) is 21.6 Å². The first-order valence-corrected chi connectivity index (χ1v) is 10.5. The van der Waals surface area contributed by atoms with Gasteiger partial charge in [0.15, 0.2) is 0 Å². The first-order valence-electron chi connectivity index (χ1n) is 8.62. The highest BCUT2D eigenvalue weighted by atomic mass is 79.9. The summed E-state index contributed by atoms with van der Waals surface area (Å²) in [5, 5.41) is -0.0894. The van der Waals surface area contributed by atoms with Gasteiger partial charge in [0.2, 0.25) is 0 Å². The molecule has 0 saturated heterocycles. The number of alkyl halides is 3. The van der Waals surface area contributed by atoms with Gasteiger partial charge >= 0.3 is 12.1 Å². The number of ether oxygens (including phenoxy) is 1. The molecule has 0 N–H and O–H groups in total. The fourth-order valence-electron chi connectivity index (χ4n) is 3.22. The second-order valence-corrected chi connectivity index (χ2v) is 8.91. The Morgan fingerprint density at radius 1 is 1.20 bits per heavy atom. The van der Waals surface area contributed by atoms with Crippen LogP contribution in [0.2, 0.25) is 15.1 Å². The quantitative estimate of drug-likeness (QED) is 0.303. The zero-order chi connectivity index (χ0) is 22.3. The largest absolute Gasteiger partial charge is 0.461 e. The van der Waals surface area contributed by atoms with E-state index in [9.17, 15) is 18.0 Å². The van der Waals surface area contributed by atoms with Crippen LogP contribution in [0.3, 0.4) is 0 Å². The molecule has 160 valence electrons. The Morgan fingerprint density at radius 2 is 1.83 bits per heavy atom. The predicted molar refractivity (Wildman–Crippen MR) is 115 cm³/mol. The normalized spacial score (nSPS) is 19.0. The summed E-state index contributed by atoms with van der Waals surface area (Å²) >= 11 is 21.3. The third-order valence-electron chi connectivity index (χ3n) is 4.91. The lowest BCUT2D eigenvalue weighted by atomic mass is 9.76. The minimum Gasteiger partial charge on any atom is -0.461 e. The molecule has 3 rings (SSSR count). The maximum absolute atomic E-state index is 14.2. The minimum atomic E-state index is -4.59. The van der Waals surface area contributed by atoms with Crippen molar-refractivity contribution in [2.45, 2.75) is 31.5 Å². The van der Waals surface area contributed by atoms with Gasteiger partial charge in [-0.1, -0.05) is 62.9 Å². The fraction of sp³-hybridized carbons (Fsp3) is 0.300. The molecular formula is C20H14BrCl3F3NO2. The van der Waals surface area contributed by atoms with Gasteiger partial charge in [-0.15, -0.1) is 0 Å². The zero-order valence-corrected chi connectivity index (χ0v) is 19.3. The van der Waals surface area contributed by atoms with Gasteiger partial charge in [0.1, 0.15) is 12.0 Å². The van der Waals surface area contributed by atoms with Gasteiger partial charge in [0, 0.05) is 29.1 Å². The van der Waals surface area contributed by atoms with Crippen LogP contribution in [0.5, 0.6) is 0 Å². The Kier molecular flexibility index (Phi) is 6.77. The highest BCUT2D eigenvalue weighted by molar-refractivity contribution is 9.10. The number of esters is 1. The minimum absolute atomic E-state index is 0.00541. The highest BCUT2D eigenvalue weighted by Crippen LogP contribution is 2.49. The Balaban J connectivity index is 1.95. The molecule has 0 spiro atoms. The summed E-state index contributed by atoms with van der Waals surface area (Å²) < 4.78 is 48.2. The first-order chi connectivity index (χ1) is 13.9. The molecule has 0 aliphatic carbocycles. The Labute approximate surface area is 194 Å². The molecule has 0 saturated carbocycles. The first kappa shape index (κ1) is 23.4. The van der Waals surface area contributed by atoms with Crippen molar-refractivity contribution in [3.05, 3.63) is 66.6 Å². The van der Waals surface area contributed by atoms with Crippen molar-refractivity contribution < 1.29 is 22.7 Å². The van der Waals surface area contributed by atoms with Crippen molar-refractivity contribution >= 4 is 62.4 Å². The van der Waals surface area contributed by atoms with E-state index in [1.54, 1.807) is 18.2 Å². The number of halogens is 7. The average Bonchev–Trinajstić information content (AvgIpc) is 3.11. The Morgan fingerprint density at radius 3 is 2.37 bits per heavy atom. The van der Waals surface area contributed by atoms with Crippen LogP contribution in [-0.2, 0) is 21.6 Å². The van der Waals surface area contributed by atoms with Crippen LogP contribution in [0.25, 0.3) is 0 Å². The van der Waals surface area contributed by atoms with Gasteiger partial charge in [-0.25, -0.2) is 0 Å². The van der Waals surface area contributed by atoms with E-state index in [4.69, 9.17) is 39.5 Å². The summed E-state index contributed by atoms with van der Waals surface area (Å²) in [6.07, 6.45) is -4.97. The van der Waals surface area contributed by atoms with Gasteiger partial charge < -0.3 is 4.74 Å². The summed E-state index contributed by atoms with van der Waals surface area (Å²) in [5.74, 6) is -0.429. The summed E-state index contributed by atoms with van der Waals surface area (Å²) in [7, 11) is 0. The SMILES string of the molecule is CC(=O)OCc1ccc(C2=NCC(c3cc(Cl)c(Cl)c(Cl)c3)(C(F)(F)F)C2)cc1Br. The molecule has 0 fully saturated rings. The summed E-state index contributed by atoms with van der Waals surface area (Å²) in [4.78, 5) is 15.2. The molecule has 0 bridgehead atoms. The van der Waals surface area contributed by atoms with Gasteiger partial charge in [-0.2, -0.15) is 13.2 Å². The van der Waals surface area contributed by atoms with Crippen molar-refractivity contribution in [1.29, 1.82) is 0 Å².